The first-order valence-corrected chi connectivity index (χ1v) is 6.12. The predicted molar refractivity (Wildman–Crippen MR) is 61.6 cm³/mol. The highest BCUT2D eigenvalue weighted by atomic mass is 16.6. The molecule has 2 nitrogen and oxygen atoms in total. The minimum Gasteiger partial charge on any atom is -0.464 e. The van der Waals surface area contributed by atoms with Gasteiger partial charge < -0.3 is 4.74 Å². The van der Waals surface area contributed by atoms with Crippen molar-refractivity contribution in [1.82, 2.24) is 0 Å². The van der Waals surface area contributed by atoms with Gasteiger partial charge in [0.05, 0.1) is 5.92 Å². The van der Waals surface area contributed by atoms with Crippen molar-refractivity contribution in [3.63, 3.8) is 0 Å². The molecule has 1 aliphatic heterocycles. The zero-order valence-electron chi connectivity index (χ0n) is 9.54. The summed E-state index contributed by atoms with van der Waals surface area (Å²) in [4.78, 5) is 10.8. The number of unbranched alkanes of at least 4 members (excludes halogenated alkanes) is 6. The predicted octanol–water partition coefficient (Wildman–Crippen LogP) is 3.47. The number of hydrogen-bond donors (Lipinski definition) is 0. The van der Waals surface area contributed by atoms with Crippen LogP contribution in [0.3, 0.4) is 0 Å². The van der Waals surface area contributed by atoms with Crippen molar-refractivity contribution >= 4 is 5.97 Å². The minimum atomic E-state index is 0.0148. The number of ether oxygens (including phenoxy) is 1. The highest BCUT2D eigenvalue weighted by Crippen LogP contribution is 2.20. The van der Waals surface area contributed by atoms with E-state index in [4.69, 9.17) is 4.74 Å². The van der Waals surface area contributed by atoms with E-state index in [1.54, 1.807) is 0 Å². The second kappa shape index (κ2) is 7.49. The molecule has 0 aliphatic carbocycles. The molecule has 0 bridgehead atoms. The Bertz CT molecular complexity index is 199. The van der Waals surface area contributed by atoms with E-state index in [9.17, 15) is 4.79 Å². The molecule has 1 atom stereocenters. The summed E-state index contributed by atoms with van der Waals surface area (Å²) in [5.41, 5.74) is 0. The lowest BCUT2D eigenvalue weighted by Crippen LogP contribution is -2.34. The molecule has 15 heavy (non-hydrogen) atoms. The number of hydrogen-bond acceptors (Lipinski definition) is 2. The summed E-state index contributed by atoms with van der Waals surface area (Å²) in [7, 11) is 0. The van der Waals surface area contributed by atoms with E-state index in [1.807, 2.05) is 6.08 Å². The van der Waals surface area contributed by atoms with Gasteiger partial charge in [0.25, 0.3) is 0 Å². The number of cyclic esters (lactones) is 1. The molecule has 1 rings (SSSR count). The summed E-state index contributed by atoms with van der Waals surface area (Å²) in [6.45, 7) is 4.37. The SMILES string of the molecule is C=CCCCCCCCCC1COC1=O. The Hall–Kier alpha value is -0.790. The topological polar surface area (TPSA) is 26.3 Å². The second-order valence-corrected chi connectivity index (χ2v) is 4.31. The van der Waals surface area contributed by atoms with Crippen LogP contribution in [0.2, 0.25) is 0 Å². The first kappa shape index (κ1) is 12.3. The average molecular weight is 210 g/mol. The summed E-state index contributed by atoms with van der Waals surface area (Å²) in [5.74, 6) is 0.242. The van der Waals surface area contributed by atoms with Crippen molar-refractivity contribution < 1.29 is 9.53 Å². The molecule has 0 radical (unpaired) electrons. The van der Waals surface area contributed by atoms with E-state index in [-0.39, 0.29) is 11.9 Å². The van der Waals surface area contributed by atoms with Gasteiger partial charge in [-0.15, -0.1) is 6.58 Å². The highest BCUT2D eigenvalue weighted by Gasteiger charge is 2.29. The van der Waals surface area contributed by atoms with Crippen LogP contribution in [0.1, 0.15) is 51.4 Å². The van der Waals surface area contributed by atoms with Crippen molar-refractivity contribution in [3.8, 4) is 0 Å². The standard InChI is InChI=1S/C13H22O2/c1-2-3-4-5-6-7-8-9-10-12-11-15-13(12)14/h2,12H,1,3-11H2. The molecule has 1 fully saturated rings. The first-order chi connectivity index (χ1) is 7.34. The van der Waals surface area contributed by atoms with Gasteiger partial charge in [-0.1, -0.05) is 38.2 Å². The monoisotopic (exact) mass is 210 g/mol. The molecule has 0 aromatic heterocycles. The Morgan fingerprint density at radius 3 is 2.40 bits per heavy atom. The Balaban J connectivity index is 1.77. The molecule has 0 spiro atoms. The molecule has 0 N–H and O–H groups in total. The van der Waals surface area contributed by atoms with Crippen molar-refractivity contribution in [2.24, 2.45) is 5.92 Å². The maximum absolute atomic E-state index is 10.8. The zero-order chi connectivity index (χ0) is 10.9. The van der Waals surface area contributed by atoms with E-state index < -0.39 is 0 Å². The van der Waals surface area contributed by atoms with Crippen LogP contribution in [-0.2, 0) is 9.53 Å². The first-order valence-electron chi connectivity index (χ1n) is 6.12. The van der Waals surface area contributed by atoms with Gasteiger partial charge in [-0.2, -0.15) is 0 Å². The third kappa shape index (κ3) is 5.01. The van der Waals surface area contributed by atoms with E-state index >= 15 is 0 Å². The molecule has 0 aromatic carbocycles. The summed E-state index contributed by atoms with van der Waals surface area (Å²) in [6, 6.07) is 0. The lowest BCUT2D eigenvalue weighted by molar-refractivity contribution is -0.169. The molecule has 1 heterocycles. The summed E-state index contributed by atoms with van der Waals surface area (Å²) < 4.78 is 4.72. The van der Waals surface area contributed by atoms with Crippen LogP contribution in [0, 0.1) is 5.92 Å². The van der Waals surface area contributed by atoms with Crippen LogP contribution in [0.15, 0.2) is 12.7 Å². The Labute approximate surface area is 92.7 Å². The number of carbonyl (C=O) groups excluding carboxylic acids is 1. The molecule has 1 unspecified atom stereocenters. The van der Waals surface area contributed by atoms with Crippen LogP contribution >= 0.6 is 0 Å². The fraction of sp³-hybridized carbons (Fsp3) is 0.769. The van der Waals surface area contributed by atoms with E-state index in [1.165, 1.54) is 38.5 Å². The second-order valence-electron chi connectivity index (χ2n) is 4.31. The Morgan fingerprint density at radius 1 is 1.20 bits per heavy atom. The molecule has 0 saturated carbocycles. The molecular weight excluding hydrogens is 188 g/mol. The lowest BCUT2D eigenvalue weighted by Gasteiger charge is -2.24. The fourth-order valence-corrected chi connectivity index (χ4v) is 1.86. The Morgan fingerprint density at radius 2 is 1.87 bits per heavy atom. The van der Waals surface area contributed by atoms with Gasteiger partial charge in [-0.3, -0.25) is 4.79 Å². The smallest absolute Gasteiger partial charge is 0.312 e. The Kier molecular flexibility index (Phi) is 6.14. The number of esters is 1. The van der Waals surface area contributed by atoms with Gasteiger partial charge in [-0.05, 0) is 19.3 Å². The highest BCUT2D eigenvalue weighted by molar-refractivity contribution is 5.77. The number of allylic oxidation sites excluding steroid dienone is 1. The van der Waals surface area contributed by atoms with Crippen molar-refractivity contribution in [2.75, 3.05) is 6.61 Å². The molecule has 0 amide bonds. The van der Waals surface area contributed by atoms with Crippen LogP contribution in [0.4, 0.5) is 0 Å². The molecule has 1 saturated heterocycles. The van der Waals surface area contributed by atoms with Gasteiger partial charge in [-0.25, -0.2) is 0 Å². The molecule has 1 aliphatic rings. The van der Waals surface area contributed by atoms with Crippen molar-refractivity contribution in [3.05, 3.63) is 12.7 Å². The lowest BCUT2D eigenvalue weighted by atomic mass is 9.98. The van der Waals surface area contributed by atoms with E-state index in [0.29, 0.717) is 6.61 Å². The van der Waals surface area contributed by atoms with Gasteiger partial charge >= 0.3 is 5.97 Å². The normalized spacial score (nSPS) is 19.5. The molecule has 0 aromatic rings. The van der Waals surface area contributed by atoms with Crippen molar-refractivity contribution in [2.45, 2.75) is 51.4 Å². The molecule has 86 valence electrons. The van der Waals surface area contributed by atoms with Gasteiger partial charge in [0.1, 0.15) is 6.61 Å². The van der Waals surface area contributed by atoms with Crippen LogP contribution in [-0.4, -0.2) is 12.6 Å². The third-order valence-electron chi connectivity index (χ3n) is 2.97. The van der Waals surface area contributed by atoms with Crippen LogP contribution < -0.4 is 0 Å². The summed E-state index contributed by atoms with van der Waals surface area (Å²) in [6.07, 6.45) is 11.8. The molecule has 2 heteroatoms. The van der Waals surface area contributed by atoms with Crippen LogP contribution in [0.5, 0.6) is 0 Å². The zero-order valence-corrected chi connectivity index (χ0v) is 9.54. The fourth-order valence-electron chi connectivity index (χ4n) is 1.86. The van der Waals surface area contributed by atoms with Crippen molar-refractivity contribution in [1.29, 1.82) is 0 Å². The van der Waals surface area contributed by atoms with E-state index in [0.717, 1.165) is 12.8 Å². The van der Waals surface area contributed by atoms with Gasteiger partial charge in [0.2, 0.25) is 0 Å². The number of rotatable bonds is 9. The summed E-state index contributed by atoms with van der Waals surface area (Å²) in [5, 5.41) is 0. The average Bonchev–Trinajstić information content (AvgIpc) is 2.25. The van der Waals surface area contributed by atoms with Crippen LogP contribution in [0.25, 0.3) is 0 Å². The third-order valence-corrected chi connectivity index (χ3v) is 2.97. The quantitative estimate of drug-likeness (QED) is 0.331. The van der Waals surface area contributed by atoms with Gasteiger partial charge in [0, 0.05) is 0 Å². The maximum Gasteiger partial charge on any atom is 0.312 e. The largest absolute Gasteiger partial charge is 0.464 e. The summed E-state index contributed by atoms with van der Waals surface area (Å²) >= 11 is 0. The van der Waals surface area contributed by atoms with E-state index in [2.05, 4.69) is 6.58 Å². The maximum atomic E-state index is 10.8. The number of carbonyl (C=O) groups is 1. The molecular formula is C13H22O2. The minimum absolute atomic E-state index is 0.0148. The van der Waals surface area contributed by atoms with Gasteiger partial charge in [0.15, 0.2) is 0 Å².